The zero-order valence-corrected chi connectivity index (χ0v) is 17.7. The molecule has 4 nitrogen and oxygen atoms in total. The van der Waals surface area contributed by atoms with Crippen LogP contribution in [0.15, 0.2) is 41.8 Å². The van der Waals surface area contributed by atoms with Crippen molar-refractivity contribution >= 4 is 17.2 Å². The number of carbonyl (C=O) groups is 1. The van der Waals surface area contributed by atoms with Gasteiger partial charge in [-0.1, -0.05) is 38.3 Å². The van der Waals surface area contributed by atoms with Gasteiger partial charge in [0.1, 0.15) is 5.75 Å². The molecule has 1 amide bonds. The van der Waals surface area contributed by atoms with Gasteiger partial charge in [0.2, 0.25) is 0 Å². The van der Waals surface area contributed by atoms with Gasteiger partial charge in [-0.3, -0.25) is 9.69 Å². The third-order valence-corrected chi connectivity index (χ3v) is 6.25. The number of likely N-dealkylation sites (tertiary alicyclic amines) is 1. The van der Waals surface area contributed by atoms with Crippen molar-refractivity contribution in [3.8, 4) is 5.75 Å². The average molecular weight is 401 g/mol. The molecule has 1 aromatic carbocycles. The number of nitrogens with one attached hydrogen (secondary N) is 1. The summed E-state index contributed by atoms with van der Waals surface area (Å²) < 4.78 is 5.74. The molecule has 1 N–H and O–H groups in total. The number of hydrogen-bond acceptors (Lipinski definition) is 4. The Morgan fingerprint density at radius 2 is 2.00 bits per heavy atom. The summed E-state index contributed by atoms with van der Waals surface area (Å²) in [5.74, 6) is 0.737. The third kappa shape index (κ3) is 6.08. The van der Waals surface area contributed by atoms with Gasteiger partial charge in [0.15, 0.2) is 0 Å². The summed E-state index contributed by atoms with van der Waals surface area (Å²) in [5, 5.41) is 5.29. The first-order valence-electron chi connectivity index (χ1n) is 10.6. The molecule has 0 aliphatic carbocycles. The van der Waals surface area contributed by atoms with E-state index in [1.807, 2.05) is 24.3 Å². The second-order valence-corrected chi connectivity index (χ2v) is 8.40. The fraction of sp³-hybridized carbons (Fsp3) is 0.522. The Morgan fingerprint density at radius 1 is 1.18 bits per heavy atom. The number of hydrogen-bond donors (Lipinski definition) is 1. The van der Waals surface area contributed by atoms with Crippen LogP contribution in [0.2, 0.25) is 0 Å². The Balaban J connectivity index is 1.62. The Kier molecular flexibility index (Phi) is 8.37. The summed E-state index contributed by atoms with van der Waals surface area (Å²) in [6.07, 6.45) is 7.23. The average Bonchev–Trinajstić information content (AvgIpc) is 3.11. The van der Waals surface area contributed by atoms with Crippen LogP contribution in [0.25, 0.3) is 0 Å². The van der Waals surface area contributed by atoms with Crippen LogP contribution < -0.4 is 10.1 Å². The summed E-state index contributed by atoms with van der Waals surface area (Å²) in [5.41, 5.74) is 0.662. The monoisotopic (exact) mass is 400 g/mol. The minimum atomic E-state index is -0.0303. The first kappa shape index (κ1) is 20.9. The second-order valence-electron chi connectivity index (χ2n) is 7.42. The lowest BCUT2D eigenvalue weighted by Gasteiger charge is -2.30. The molecule has 0 spiro atoms. The Bertz CT molecular complexity index is 709. The molecule has 1 fully saturated rings. The van der Waals surface area contributed by atoms with Crippen LogP contribution in [0.5, 0.6) is 5.75 Å². The third-order valence-electron chi connectivity index (χ3n) is 5.27. The van der Waals surface area contributed by atoms with Crippen LogP contribution in [-0.4, -0.2) is 37.0 Å². The molecule has 1 aromatic heterocycles. The van der Waals surface area contributed by atoms with Crippen LogP contribution in [0.4, 0.5) is 0 Å². The fourth-order valence-corrected chi connectivity index (χ4v) is 4.51. The van der Waals surface area contributed by atoms with Gasteiger partial charge in [-0.15, -0.1) is 11.3 Å². The van der Waals surface area contributed by atoms with Crippen LogP contribution in [0.3, 0.4) is 0 Å². The van der Waals surface area contributed by atoms with Gasteiger partial charge in [0.25, 0.3) is 5.91 Å². The minimum absolute atomic E-state index is 0.0303. The molecule has 0 saturated carbocycles. The fourth-order valence-electron chi connectivity index (χ4n) is 3.65. The largest absolute Gasteiger partial charge is 0.494 e. The molecule has 2 aromatic rings. The van der Waals surface area contributed by atoms with Gasteiger partial charge in [-0.05, 0) is 62.0 Å². The number of nitrogens with zero attached hydrogens (tertiary/aromatic N) is 1. The van der Waals surface area contributed by atoms with Crippen LogP contribution in [-0.2, 0) is 0 Å². The molecule has 3 rings (SSSR count). The van der Waals surface area contributed by atoms with E-state index in [1.165, 1.54) is 30.6 Å². The number of carbonyl (C=O) groups excluding carboxylic acids is 1. The molecule has 0 bridgehead atoms. The van der Waals surface area contributed by atoms with E-state index in [4.69, 9.17) is 4.74 Å². The zero-order chi connectivity index (χ0) is 19.6. The topological polar surface area (TPSA) is 41.6 Å². The molecule has 1 saturated heterocycles. The number of amides is 1. The molecule has 1 atom stereocenters. The molecule has 28 heavy (non-hydrogen) atoms. The first-order chi connectivity index (χ1) is 13.8. The summed E-state index contributed by atoms with van der Waals surface area (Å²) in [7, 11) is 0. The first-order valence-corrected chi connectivity index (χ1v) is 11.4. The summed E-state index contributed by atoms with van der Waals surface area (Å²) in [6.45, 7) is 5.69. The van der Waals surface area contributed by atoms with Crippen molar-refractivity contribution < 1.29 is 9.53 Å². The maximum atomic E-state index is 12.8. The second kappa shape index (κ2) is 11.2. The smallest absolute Gasteiger partial charge is 0.251 e. The molecule has 0 radical (unpaired) electrons. The van der Waals surface area contributed by atoms with Crippen molar-refractivity contribution in [1.29, 1.82) is 0 Å². The van der Waals surface area contributed by atoms with Crippen molar-refractivity contribution in [2.24, 2.45) is 0 Å². The zero-order valence-electron chi connectivity index (χ0n) is 16.9. The highest BCUT2D eigenvalue weighted by atomic mass is 32.1. The lowest BCUT2D eigenvalue weighted by molar-refractivity contribution is 0.0933. The Labute approximate surface area is 172 Å². The van der Waals surface area contributed by atoms with E-state index < -0.39 is 0 Å². The van der Waals surface area contributed by atoms with E-state index in [9.17, 15) is 4.79 Å². The summed E-state index contributed by atoms with van der Waals surface area (Å²) in [4.78, 5) is 16.6. The van der Waals surface area contributed by atoms with E-state index in [2.05, 4.69) is 34.7 Å². The van der Waals surface area contributed by atoms with Gasteiger partial charge in [0, 0.05) is 17.0 Å². The van der Waals surface area contributed by atoms with Gasteiger partial charge < -0.3 is 10.1 Å². The van der Waals surface area contributed by atoms with Crippen molar-refractivity contribution in [2.45, 2.75) is 51.5 Å². The summed E-state index contributed by atoms with van der Waals surface area (Å²) in [6, 6.07) is 12.1. The molecular formula is C23H32N2O2S. The van der Waals surface area contributed by atoms with Gasteiger partial charge in [-0.25, -0.2) is 0 Å². The lowest BCUT2D eigenvalue weighted by atomic mass is 10.1. The molecule has 0 unspecified atom stereocenters. The molecule has 1 aliphatic rings. The highest BCUT2D eigenvalue weighted by Gasteiger charge is 2.23. The van der Waals surface area contributed by atoms with Crippen molar-refractivity contribution in [3.05, 3.63) is 52.2 Å². The van der Waals surface area contributed by atoms with Gasteiger partial charge in [0.05, 0.1) is 12.6 Å². The number of thiophene rings is 1. The SMILES string of the molecule is CCCCOc1cccc(C(=O)NC[C@@H](c2cccs2)N2CCCCCC2)c1. The van der Waals surface area contributed by atoms with Crippen molar-refractivity contribution in [3.63, 3.8) is 0 Å². The number of unbranched alkanes of at least 4 members (excludes halogenated alkanes) is 1. The van der Waals surface area contributed by atoms with E-state index in [-0.39, 0.29) is 11.9 Å². The Morgan fingerprint density at radius 3 is 2.71 bits per heavy atom. The predicted octanol–water partition coefficient (Wildman–Crippen LogP) is 5.27. The van der Waals surface area contributed by atoms with Crippen LogP contribution >= 0.6 is 11.3 Å². The van der Waals surface area contributed by atoms with Gasteiger partial charge in [-0.2, -0.15) is 0 Å². The lowest BCUT2D eigenvalue weighted by Crippen LogP contribution is -2.38. The highest BCUT2D eigenvalue weighted by molar-refractivity contribution is 7.10. The molecular weight excluding hydrogens is 368 g/mol. The number of ether oxygens (including phenoxy) is 1. The highest BCUT2D eigenvalue weighted by Crippen LogP contribution is 2.27. The van der Waals surface area contributed by atoms with E-state index in [1.54, 1.807) is 11.3 Å². The van der Waals surface area contributed by atoms with Crippen LogP contribution in [0, 0.1) is 0 Å². The quantitative estimate of drug-likeness (QED) is 0.583. The maximum absolute atomic E-state index is 12.8. The van der Waals surface area contributed by atoms with Gasteiger partial charge >= 0.3 is 0 Å². The molecule has 152 valence electrons. The molecule has 5 heteroatoms. The van der Waals surface area contributed by atoms with E-state index >= 15 is 0 Å². The van der Waals surface area contributed by atoms with Crippen molar-refractivity contribution in [2.75, 3.05) is 26.2 Å². The summed E-state index contributed by atoms with van der Waals surface area (Å²) >= 11 is 1.78. The number of benzene rings is 1. The van der Waals surface area contributed by atoms with E-state index in [0.717, 1.165) is 31.7 Å². The Hall–Kier alpha value is -1.85. The maximum Gasteiger partial charge on any atom is 0.251 e. The molecule has 2 heterocycles. The number of rotatable bonds is 9. The van der Waals surface area contributed by atoms with E-state index in [0.29, 0.717) is 18.7 Å². The standard InChI is InChI=1S/C23H32N2O2S/c1-2-3-15-27-20-11-8-10-19(17-20)23(26)24-18-21(22-12-9-16-28-22)25-13-6-4-5-7-14-25/h8-12,16-17,21H,2-7,13-15,18H2,1H3,(H,24,26)/t21-/m0/s1. The molecule has 1 aliphatic heterocycles. The van der Waals surface area contributed by atoms with Crippen LogP contribution in [0.1, 0.15) is 66.7 Å². The minimum Gasteiger partial charge on any atom is -0.494 e. The predicted molar refractivity (Wildman–Crippen MR) is 116 cm³/mol. The van der Waals surface area contributed by atoms with Crippen molar-refractivity contribution in [1.82, 2.24) is 10.2 Å². The normalized spacial score (nSPS) is 16.3.